The lowest BCUT2D eigenvalue weighted by molar-refractivity contribution is 0.445. The number of aromatic nitrogens is 1. The minimum Gasteiger partial charge on any atom is -0.454 e. The van der Waals surface area contributed by atoms with Gasteiger partial charge >= 0.3 is 0 Å². The van der Waals surface area contributed by atoms with Crippen molar-refractivity contribution >= 4 is 71.6 Å². The van der Waals surface area contributed by atoms with Gasteiger partial charge in [-0.1, -0.05) is 165 Å². The zero-order valence-electron chi connectivity index (χ0n) is 34.0. The standard InChI is InChI=1S/C58H44N2O/c1-3-18-39(19-4-1)44-29-14-20-40-21-15-31-48(56(40)44)46-26-7-10-33-51(46)60(54-36-17-32-49-47-27-9-12-37-55(47)61-58(49)54)43-25-13-22-41(38-43)45-30-16-35-53-57(45)50-28-8-11-34-52(50)59(53)42-23-5-2-6-24-42/h2,5-17,20-39H,1,3-4,18-19H2. The third-order valence-corrected chi connectivity index (χ3v) is 13.2. The molecule has 12 rings (SSSR count). The molecule has 0 atom stereocenters. The normalized spacial score (nSPS) is 13.5. The van der Waals surface area contributed by atoms with Crippen molar-refractivity contribution in [2.24, 2.45) is 0 Å². The fourth-order valence-electron chi connectivity index (χ4n) is 10.5. The molecular weight excluding hydrogens is 741 g/mol. The topological polar surface area (TPSA) is 21.3 Å². The third-order valence-electron chi connectivity index (χ3n) is 13.2. The molecule has 2 heterocycles. The van der Waals surface area contributed by atoms with Gasteiger partial charge in [0.1, 0.15) is 5.58 Å². The molecule has 0 amide bonds. The maximum absolute atomic E-state index is 6.84. The van der Waals surface area contributed by atoms with Crippen LogP contribution < -0.4 is 4.90 Å². The Morgan fingerprint density at radius 3 is 2.02 bits per heavy atom. The first-order valence-corrected chi connectivity index (χ1v) is 21.8. The number of rotatable bonds is 7. The summed E-state index contributed by atoms with van der Waals surface area (Å²) in [5.74, 6) is 0.568. The molecule has 9 aromatic carbocycles. The Kier molecular flexibility index (Phi) is 8.59. The molecule has 0 aliphatic heterocycles. The van der Waals surface area contributed by atoms with Gasteiger partial charge in [0, 0.05) is 38.5 Å². The second kappa shape index (κ2) is 14.7. The van der Waals surface area contributed by atoms with E-state index in [9.17, 15) is 0 Å². The Morgan fingerprint density at radius 1 is 0.459 bits per heavy atom. The van der Waals surface area contributed by atoms with Crippen LogP contribution in [0.5, 0.6) is 0 Å². The van der Waals surface area contributed by atoms with Gasteiger partial charge in [-0.05, 0) is 106 Å². The molecular formula is C58H44N2O. The van der Waals surface area contributed by atoms with Gasteiger partial charge in [-0.3, -0.25) is 0 Å². The van der Waals surface area contributed by atoms with Crippen LogP contribution in [0.4, 0.5) is 17.1 Å². The quantitative estimate of drug-likeness (QED) is 0.161. The van der Waals surface area contributed by atoms with Gasteiger partial charge in [-0.15, -0.1) is 0 Å². The van der Waals surface area contributed by atoms with Gasteiger partial charge < -0.3 is 13.9 Å². The Bertz CT molecular complexity index is 3420. The molecule has 0 unspecified atom stereocenters. The second-order valence-corrected chi connectivity index (χ2v) is 16.6. The van der Waals surface area contributed by atoms with Crippen LogP contribution in [-0.2, 0) is 0 Å². The van der Waals surface area contributed by atoms with E-state index in [1.54, 1.807) is 0 Å². The van der Waals surface area contributed by atoms with E-state index in [2.05, 4.69) is 210 Å². The average Bonchev–Trinajstić information content (AvgIpc) is 3.89. The first kappa shape index (κ1) is 35.6. The summed E-state index contributed by atoms with van der Waals surface area (Å²) in [6, 6.07) is 73.2. The average molecular weight is 785 g/mol. The maximum atomic E-state index is 6.84. The van der Waals surface area contributed by atoms with Crippen molar-refractivity contribution in [1.29, 1.82) is 0 Å². The smallest absolute Gasteiger partial charge is 0.159 e. The van der Waals surface area contributed by atoms with E-state index >= 15 is 0 Å². The Morgan fingerprint density at radius 2 is 1.11 bits per heavy atom. The van der Waals surface area contributed by atoms with Crippen LogP contribution in [0.1, 0.15) is 43.6 Å². The van der Waals surface area contributed by atoms with Gasteiger partial charge in [-0.25, -0.2) is 0 Å². The largest absolute Gasteiger partial charge is 0.454 e. The van der Waals surface area contributed by atoms with Crippen LogP contribution in [0.3, 0.4) is 0 Å². The number of hydrogen-bond acceptors (Lipinski definition) is 2. The van der Waals surface area contributed by atoms with Crippen LogP contribution in [0, 0.1) is 0 Å². The minimum absolute atomic E-state index is 0.568. The molecule has 3 heteroatoms. The van der Waals surface area contributed by atoms with Gasteiger partial charge in [0.25, 0.3) is 0 Å². The predicted octanol–water partition coefficient (Wildman–Crippen LogP) is 16.7. The van der Waals surface area contributed by atoms with Crippen molar-refractivity contribution in [1.82, 2.24) is 4.57 Å². The van der Waals surface area contributed by atoms with Crippen molar-refractivity contribution < 1.29 is 4.42 Å². The summed E-state index contributed by atoms with van der Waals surface area (Å²) >= 11 is 0. The second-order valence-electron chi connectivity index (χ2n) is 16.6. The summed E-state index contributed by atoms with van der Waals surface area (Å²) in [6.07, 6.45) is 6.43. The summed E-state index contributed by atoms with van der Waals surface area (Å²) in [4.78, 5) is 2.44. The number of nitrogens with zero attached hydrogens (tertiary/aromatic N) is 2. The highest BCUT2D eigenvalue weighted by Crippen LogP contribution is 2.49. The highest BCUT2D eigenvalue weighted by molar-refractivity contribution is 6.16. The summed E-state index contributed by atoms with van der Waals surface area (Å²) in [5.41, 5.74) is 14.8. The van der Waals surface area contributed by atoms with Crippen LogP contribution in [0.2, 0.25) is 0 Å². The molecule has 292 valence electrons. The highest BCUT2D eigenvalue weighted by atomic mass is 16.3. The van der Waals surface area contributed by atoms with Crippen molar-refractivity contribution in [3.63, 3.8) is 0 Å². The van der Waals surface area contributed by atoms with E-state index in [-0.39, 0.29) is 0 Å². The number of furan rings is 1. The monoisotopic (exact) mass is 784 g/mol. The molecule has 0 radical (unpaired) electrons. The molecule has 0 bridgehead atoms. The van der Waals surface area contributed by atoms with E-state index in [1.165, 1.54) is 86.9 Å². The van der Waals surface area contributed by atoms with Crippen molar-refractivity contribution in [2.45, 2.75) is 38.0 Å². The number of anilines is 3. The number of hydrogen-bond donors (Lipinski definition) is 0. The number of para-hydroxylation sites is 5. The molecule has 1 aliphatic carbocycles. The van der Waals surface area contributed by atoms with Crippen LogP contribution in [-0.4, -0.2) is 4.57 Å². The van der Waals surface area contributed by atoms with E-state index in [1.807, 2.05) is 0 Å². The Balaban J connectivity index is 1.11. The molecule has 2 aromatic heterocycles. The van der Waals surface area contributed by atoms with Crippen molar-refractivity contribution in [3.05, 3.63) is 206 Å². The molecule has 0 saturated heterocycles. The first-order valence-electron chi connectivity index (χ1n) is 21.8. The van der Waals surface area contributed by atoms with E-state index in [4.69, 9.17) is 4.42 Å². The maximum Gasteiger partial charge on any atom is 0.159 e. The zero-order chi connectivity index (χ0) is 40.3. The lowest BCUT2D eigenvalue weighted by Gasteiger charge is -2.29. The lowest BCUT2D eigenvalue weighted by atomic mass is 9.80. The van der Waals surface area contributed by atoms with Crippen molar-refractivity contribution in [2.75, 3.05) is 4.90 Å². The lowest BCUT2D eigenvalue weighted by Crippen LogP contribution is -2.12. The molecule has 1 saturated carbocycles. The van der Waals surface area contributed by atoms with Gasteiger partial charge in [0.05, 0.1) is 22.4 Å². The molecule has 3 nitrogen and oxygen atoms in total. The Labute approximate surface area is 355 Å². The van der Waals surface area contributed by atoms with E-state index in [0.29, 0.717) is 5.92 Å². The molecule has 11 aromatic rings. The molecule has 0 spiro atoms. The fourth-order valence-corrected chi connectivity index (χ4v) is 10.5. The van der Waals surface area contributed by atoms with Gasteiger partial charge in [-0.2, -0.15) is 0 Å². The van der Waals surface area contributed by atoms with E-state index in [0.717, 1.165) is 50.3 Å². The summed E-state index contributed by atoms with van der Waals surface area (Å²) in [7, 11) is 0. The number of fused-ring (bicyclic) bond motifs is 7. The van der Waals surface area contributed by atoms with Crippen LogP contribution >= 0.6 is 0 Å². The predicted molar refractivity (Wildman–Crippen MR) is 257 cm³/mol. The summed E-state index contributed by atoms with van der Waals surface area (Å²) < 4.78 is 9.24. The van der Waals surface area contributed by atoms with Crippen molar-refractivity contribution in [3.8, 4) is 27.9 Å². The SMILES string of the molecule is c1ccc(-n2c3ccccc3c3c(-c4cccc(N(c5ccccc5-c5cccc6cccc(C7CCCCC7)c56)c5cccc6c5oc5ccccc56)c4)cccc32)cc1. The molecule has 1 fully saturated rings. The van der Waals surface area contributed by atoms with Crippen LogP contribution in [0.25, 0.3) is 82.5 Å². The third kappa shape index (κ3) is 5.87. The first-order chi connectivity index (χ1) is 30.3. The zero-order valence-corrected chi connectivity index (χ0v) is 34.0. The fraction of sp³-hybridized carbons (Fsp3) is 0.103. The molecule has 0 N–H and O–H groups in total. The molecule has 1 aliphatic rings. The summed E-state index contributed by atoms with van der Waals surface area (Å²) in [6.45, 7) is 0. The van der Waals surface area contributed by atoms with E-state index < -0.39 is 0 Å². The van der Waals surface area contributed by atoms with Gasteiger partial charge in [0.2, 0.25) is 0 Å². The highest BCUT2D eigenvalue weighted by Gasteiger charge is 2.25. The summed E-state index contributed by atoms with van der Waals surface area (Å²) in [5, 5.41) is 7.38. The molecule has 61 heavy (non-hydrogen) atoms. The minimum atomic E-state index is 0.568. The van der Waals surface area contributed by atoms with Gasteiger partial charge in [0.15, 0.2) is 5.58 Å². The van der Waals surface area contributed by atoms with Crippen LogP contribution in [0.15, 0.2) is 205 Å². The Hall–Kier alpha value is -7.36. The number of benzene rings is 9.